The second-order valence-electron chi connectivity index (χ2n) is 6.00. The third-order valence-corrected chi connectivity index (χ3v) is 4.45. The number of rotatable bonds is 5. The van der Waals surface area contributed by atoms with Crippen LogP contribution >= 0.6 is 0 Å². The Morgan fingerprint density at radius 2 is 1.95 bits per heavy atom. The second-order valence-corrected chi connectivity index (χ2v) is 6.00. The van der Waals surface area contributed by atoms with Gasteiger partial charge in [-0.05, 0) is 63.4 Å². The van der Waals surface area contributed by atoms with Crippen molar-refractivity contribution in [2.24, 2.45) is 0 Å². The number of nitrogens with zero attached hydrogens (tertiary/aromatic N) is 1. The molecule has 0 spiro atoms. The predicted molar refractivity (Wildman–Crippen MR) is 80.7 cm³/mol. The lowest BCUT2D eigenvalue weighted by molar-refractivity contribution is 0.190. The van der Waals surface area contributed by atoms with Crippen LogP contribution in [0.3, 0.4) is 0 Å². The zero-order chi connectivity index (χ0) is 13.7. The fourth-order valence-corrected chi connectivity index (χ4v) is 3.05. The molecule has 2 rings (SSSR count). The lowest BCUT2D eigenvalue weighted by Gasteiger charge is -2.31. The molecule has 1 aliphatic carbocycles. The van der Waals surface area contributed by atoms with Crippen molar-refractivity contribution >= 4 is 0 Å². The standard InChI is InChI=1S/C17H27NO/c1-14-10-11-15(13-17(14)19)7-6-12-18(2)16-8-4-3-5-9-16/h10-11,13,16,19H,3-9,12H2,1-2H3. The minimum atomic E-state index is 0.429. The molecule has 0 heterocycles. The number of benzene rings is 1. The summed E-state index contributed by atoms with van der Waals surface area (Å²) in [5, 5.41) is 9.70. The molecule has 1 fully saturated rings. The molecule has 0 amide bonds. The van der Waals surface area contributed by atoms with E-state index < -0.39 is 0 Å². The highest BCUT2D eigenvalue weighted by Crippen LogP contribution is 2.22. The van der Waals surface area contributed by atoms with Gasteiger partial charge in [-0.2, -0.15) is 0 Å². The Labute approximate surface area is 117 Å². The van der Waals surface area contributed by atoms with E-state index in [0.717, 1.165) is 18.0 Å². The van der Waals surface area contributed by atoms with Gasteiger partial charge in [0.1, 0.15) is 5.75 Å². The molecule has 1 aromatic carbocycles. The molecule has 1 saturated carbocycles. The maximum Gasteiger partial charge on any atom is 0.118 e. The summed E-state index contributed by atoms with van der Waals surface area (Å²) in [5.74, 6) is 0.429. The van der Waals surface area contributed by atoms with Crippen LogP contribution in [-0.2, 0) is 6.42 Å². The first kappa shape index (κ1) is 14.4. The molecule has 1 aromatic rings. The average Bonchev–Trinajstić information content (AvgIpc) is 2.43. The molecule has 0 atom stereocenters. The number of hydrogen-bond acceptors (Lipinski definition) is 2. The van der Waals surface area contributed by atoms with Gasteiger partial charge in [0.15, 0.2) is 0 Å². The highest BCUT2D eigenvalue weighted by molar-refractivity contribution is 5.35. The van der Waals surface area contributed by atoms with Crippen LogP contribution in [0.2, 0.25) is 0 Å². The van der Waals surface area contributed by atoms with Crippen molar-refractivity contribution in [3.8, 4) is 5.75 Å². The van der Waals surface area contributed by atoms with Gasteiger partial charge in [-0.1, -0.05) is 31.4 Å². The van der Waals surface area contributed by atoms with Crippen LogP contribution < -0.4 is 0 Å². The van der Waals surface area contributed by atoms with Crippen LogP contribution in [0.25, 0.3) is 0 Å². The Morgan fingerprint density at radius 3 is 2.63 bits per heavy atom. The third kappa shape index (κ3) is 4.24. The number of phenolic OH excluding ortho intramolecular Hbond substituents is 1. The van der Waals surface area contributed by atoms with E-state index in [-0.39, 0.29) is 0 Å². The molecule has 2 heteroatoms. The first-order valence-electron chi connectivity index (χ1n) is 7.65. The van der Waals surface area contributed by atoms with Gasteiger partial charge < -0.3 is 10.0 Å². The quantitative estimate of drug-likeness (QED) is 0.869. The van der Waals surface area contributed by atoms with E-state index in [9.17, 15) is 5.11 Å². The van der Waals surface area contributed by atoms with E-state index in [2.05, 4.69) is 18.0 Å². The van der Waals surface area contributed by atoms with Gasteiger partial charge in [-0.15, -0.1) is 0 Å². The van der Waals surface area contributed by atoms with Crippen molar-refractivity contribution in [2.45, 2.75) is 57.9 Å². The zero-order valence-corrected chi connectivity index (χ0v) is 12.4. The smallest absolute Gasteiger partial charge is 0.118 e. The molecule has 1 N–H and O–H groups in total. The van der Waals surface area contributed by atoms with Crippen LogP contribution in [0.15, 0.2) is 18.2 Å². The van der Waals surface area contributed by atoms with Crippen LogP contribution in [0.1, 0.15) is 49.7 Å². The molecular formula is C17H27NO. The number of phenols is 1. The van der Waals surface area contributed by atoms with E-state index in [1.807, 2.05) is 19.1 Å². The van der Waals surface area contributed by atoms with E-state index in [1.54, 1.807) is 0 Å². The molecule has 0 saturated heterocycles. The van der Waals surface area contributed by atoms with E-state index in [1.165, 1.54) is 50.6 Å². The Hall–Kier alpha value is -1.02. The van der Waals surface area contributed by atoms with E-state index in [4.69, 9.17) is 0 Å². The van der Waals surface area contributed by atoms with Crippen molar-refractivity contribution in [1.82, 2.24) is 4.90 Å². The third-order valence-electron chi connectivity index (χ3n) is 4.45. The van der Waals surface area contributed by atoms with Crippen LogP contribution in [0.5, 0.6) is 5.75 Å². The van der Waals surface area contributed by atoms with Crippen LogP contribution in [-0.4, -0.2) is 29.6 Å². The summed E-state index contributed by atoms with van der Waals surface area (Å²) in [4.78, 5) is 2.53. The highest BCUT2D eigenvalue weighted by Gasteiger charge is 2.17. The number of hydrogen-bond donors (Lipinski definition) is 1. The number of aryl methyl sites for hydroxylation is 2. The van der Waals surface area contributed by atoms with E-state index >= 15 is 0 Å². The molecule has 0 aliphatic heterocycles. The van der Waals surface area contributed by atoms with Crippen molar-refractivity contribution in [3.63, 3.8) is 0 Å². The molecule has 0 radical (unpaired) electrons. The minimum absolute atomic E-state index is 0.429. The Morgan fingerprint density at radius 1 is 1.21 bits per heavy atom. The first-order chi connectivity index (χ1) is 9.16. The van der Waals surface area contributed by atoms with Crippen LogP contribution in [0.4, 0.5) is 0 Å². The molecule has 106 valence electrons. The molecule has 2 nitrogen and oxygen atoms in total. The van der Waals surface area contributed by atoms with Crippen molar-refractivity contribution in [1.29, 1.82) is 0 Å². The summed E-state index contributed by atoms with van der Waals surface area (Å²) < 4.78 is 0. The lowest BCUT2D eigenvalue weighted by Crippen LogP contribution is -2.34. The molecule has 1 aliphatic rings. The summed E-state index contributed by atoms with van der Waals surface area (Å²) >= 11 is 0. The summed E-state index contributed by atoms with van der Waals surface area (Å²) in [6.45, 7) is 3.11. The van der Waals surface area contributed by atoms with Gasteiger partial charge in [0.05, 0.1) is 0 Å². The SMILES string of the molecule is Cc1ccc(CCCN(C)C2CCCCC2)cc1O. The van der Waals surface area contributed by atoms with Crippen LogP contribution in [0, 0.1) is 6.92 Å². The fraction of sp³-hybridized carbons (Fsp3) is 0.647. The Bertz CT molecular complexity index is 396. The van der Waals surface area contributed by atoms with Gasteiger partial charge >= 0.3 is 0 Å². The lowest BCUT2D eigenvalue weighted by atomic mass is 9.94. The van der Waals surface area contributed by atoms with E-state index in [0.29, 0.717) is 5.75 Å². The van der Waals surface area contributed by atoms with Gasteiger partial charge in [-0.3, -0.25) is 0 Å². The summed E-state index contributed by atoms with van der Waals surface area (Å²) in [7, 11) is 2.27. The van der Waals surface area contributed by atoms with Gasteiger partial charge in [0.25, 0.3) is 0 Å². The van der Waals surface area contributed by atoms with Gasteiger partial charge in [0, 0.05) is 6.04 Å². The van der Waals surface area contributed by atoms with Crippen molar-refractivity contribution < 1.29 is 5.11 Å². The highest BCUT2D eigenvalue weighted by atomic mass is 16.3. The molecule has 19 heavy (non-hydrogen) atoms. The molecule has 0 aromatic heterocycles. The number of aromatic hydroxyl groups is 1. The first-order valence-corrected chi connectivity index (χ1v) is 7.65. The second kappa shape index (κ2) is 6.95. The predicted octanol–water partition coefficient (Wildman–Crippen LogP) is 3.90. The fourth-order valence-electron chi connectivity index (χ4n) is 3.05. The maximum absolute atomic E-state index is 9.70. The van der Waals surface area contributed by atoms with Crippen molar-refractivity contribution in [3.05, 3.63) is 29.3 Å². The summed E-state index contributed by atoms with van der Waals surface area (Å²) in [6, 6.07) is 6.86. The van der Waals surface area contributed by atoms with Gasteiger partial charge in [0.2, 0.25) is 0 Å². The normalized spacial score (nSPS) is 17.0. The average molecular weight is 261 g/mol. The van der Waals surface area contributed by atoms with Gasteiger partial charge in [-0.25, -0.2) is 0 Å². The zero-order valence-electron chi connectivity index (χ0n) is 12.4. The van der Waals surface area contributed by atoms with Crippen molar-refractivity contribution in [2.75, 3.05) is 13.6 Å². The maximum atomic E-state index is 9.70. The Kier molecular flexibility index (Phi) is 5.26. The molecular weight excluding hydrogens is 234 g/mol. The molecule has 0 unspecified atom stereocenters. The summed E-state index contributed by atoms with van der Waals surface area (Å²) in [6.07, 6.45) is 9.22. The Balaban J connectivity index is 1.74. The minimum Gasteiger partial charge on any atom is -0.508 e. The largest absolute Gasteiger partial charge is 0.508 e. The topological polar surface area (TPSA) is 23.5 Å². The monoisotopic (exact) mass is 261 g/mol. The summed E-state index contributed by atoms with van der Waals surface area (Å²) in [5.41, 5.74) is 2.21. The molecule has 0 bridgehead atoms.